The summed E-state index contributed by atoms with van der Waals surface area (Å²) in [5.41, 5.74) is 8.79. The molecule has 1 aliphatic heterocycles. The van der Waals surface area contributed by atoms with Gasteiger partial charge in [-0.05, 0) is 48.4 Å². The van der Waals surface area contributed by atoms with Crippen LogP contribution in [0.15, 0.2) is 18.2 Å². The summed E-state index contributed by atoms with van der Waals surface area (Å²) in [7, 11) is 0. The summed E-state index contributed by atoms with van der Waals surface area (Å²) in [6.45, 7) is 3.73. The molecule has 0 aromatic heterocycles. The quantitative estimate of drug-likeness (QED) is 0.850. The Labute approximate surface area is 119 Å². The van der Waals surface area contributed by atoms with Crippen LogP contribution in [0, 0.1) is 23.2 Å². The van der Waals surface area contributed by atoms with Gasteiger partial charge in [-0.3, -0.25) is 4.79 Å². The fourth-order valence-corrected chi connectivity index (χ4v) is 3.46. The van der Waals surface area contributed by atoms with E-state index in [4.69, 9.17) is 11.0 Å². The van der Waals surface area contributed by atoms with Gasteiger partial charge in [-0.25, -0.2) is 0 Å². The van der Waals surface area contributed by atoms with Crippen LogP contribution < -0.4 is 10.6 Å². The molecule has 1 fully saturated rings. The molecule has 1 heterocycles. The highest BCUT2D eigenvalue weighted by molar-refractivity contribution is 5.94. The Morgan fingerprint density at radius 2 is 2.15 bits per heavy atom. The van der Waals surface area contributed by atoms with Crippen molar-refractivity contribution in [3.05, 3.63) is 29.3 Å². The number of rotatable bonds is 1. The van der Waals surface area contributed by atoms with E-state index in [1.807, 2.05) is 17.0 Å². The SMILES string of the molecule is CC(=O)N1c2ccc(C#N)cc2C(N)C(C)C1C1CC1. The third kappa shape index (κ3) is 1.90. The summed E-state index contributed by atoms with van der Waals surface area (Å²) < 4.78 is 0. The van der Waals surface area contributed by atoms with Gasteiger partial charge in [-0.2, -0.15) is 5.26 Å². The Bertz CT molecular complexity index is 600. The minimum Gasteiger partial charge on any atom is -0.324 e. The first kappa shape index (κ1) is 13.1. The monoisotopic (exact) mass is 269 g/mol. The Hall–Kier alpha value is -1.86. The molecule has 20 heavy (non-hydrogen) atoms. The van der Waals surface area contributed by atoms with Gasteiger partial charge in [0.2, 0.25) is 5.91 Å². The molecule has 0 saturated heterocycles. The molecule has 2 aliphatic rings. The summed E-state index contributed by atoms with van der Waals surface area (Å²) in [5, 5.41) is 9.05. The normalized spacial score (nSPS) is 28.7. The molecule has 1 saturated carbocycles. The molecule has 0 radical (unpaired) electrons. The lowest BCUT2D eigenvalue weighted by atomic mass is 9.80. The zero-order chi connectivity index (χ0) is 14.4. The standard InChI is InChI=1S/C16H19N3O/c1-9-15(18)13-7-11(8-17)3-6-14(13)19(10(2)20)16(9)12-4-5-12/h3,6-7,9,12,15-16H,4-5,18H2,1-2H3. The fourth-order valence-electron chi connectivity index (χ4n) is 3.46. The number of carbonyl (C=O) groups excluding carboxylic acids is 1. The largest absolute Gasteiger partial charge is 0.324 e. The molecular formula is C16H19N3O. The highest BCUT2D eigenvalue weighted by Gasteiger charge is 2.46. The van der Waals surface area contributed by atoms with Crippen LogP contribution in [-0.4, -0.2) is 11.9 Å². The maximum absolute atomic E-state index is 12.1. The number of nitrogens with two attached hydrogens (primary N) is 1. The summed E-state index contributed by atoms with van der Waals surface area (Å²) in [5.74, 6) is 0.850. The van der Waals surface area contributed by atoms with Gasteiger partial charge in [-0.15, -0.1) is 0 Å². The van der Waals surface area contributed by atoms with E-state index in [2.05, 4.69) is 13.0 Å². The number of benzene rings is 1. The highest BCUT2D eigenvalue weighted by Crippen LogP contribution is 2.48. The van der Waals surface area contributed by atoms with Gasteiger partial charge >= 0.3 is 0 Å². The van der Waals surface area contributed by atoms with E-state index in [0.29, 0.717) is 11.5 Å². The Kier molecular flexibility index (Phi) is 3.02. The smallest absolute Gasteiger partial charge is 0.224 e. The van der Waals surface area contributed by atoms with E-state index in [-0.39, 0.29) is 23.9 Å². The van der Waals surface area contributed by atoms with Crippen LogP contribution in [0.3, 0.4) is 0 Å². The number of hydrogen-bond donors (Lipinski definition) is 1. The molecule has 1 aliphatic carbocycles. The zero-order valence-electron chi connectivity index (χ0n) is 11.8. The molecule has 0 bridgehead atoms. The summed E-state index contributed by atoms with van der Waals surface area (Å²) in [6, 6.07) is 7.70. The van der Waals surface area contributed by atoms with Crippen LogP contribution in [0.25, 0.3) is 0 Å². The lowest BCUT2D eigenvalue weighted by Gasteiger charge is -2.44. The summed E-state index contributed by atoms with van der Waals surface area (Å²) in [4.78, 5) is 14.0. The highest BCUT2D eigenvalue weighted by atomic mass is 16.2. The molecule has 104 valence electrons. The van der Waals surface area contributed by atoms with Crippen molar-refractivity contribution in [3.63, 3.8) is 0 Å². The molecule has 1 amide bonds. The van der Waals surface area contributed by atoms with E-state index in [1.54, 1.807) is 13.0 Å². The van der Waals surface area contributed by atoms with E-state index >= 15 is 0 Å². The van der Waals surface area contributed by atoms with Crippen molar-refractivity contribution in [1.29, 1.82) is 5.26 Å². The first-order valence-corrected chi connectivity index (χ1v) is 7.14. The average Bonchev–Trinajstić information content (AvgIpc) is 3.26. The van der Waals surface area contributed by atoms with Crippen LogP contribution in [-0.2, 0) is 4.79 Å². The molecule has 3 rings (SSSR count). The van der Waals surface area contributed by atoms with Crippen LogP contribution >= 0.6 is 0 Å². The first-order chi connectivity index (χ1) is 9.54. The molecule has 0 spiro atoms. The van der Waals surface area contributed by atoms with Crippen LogP contribution in [0.2, 0.25) is 0 Å². The van der Waals surface area contributed by atoms with E-state index in [1.165, 1.54) is 12.8 Å². The molecular weight excluding hydrogens is 250 g/mol. The zero-order valence-corrected chi connectivity index (χ0v) is 11.8. The van der Waals surface area contributed by atoms with E-state index < -0.39 is 0 Å². The second kappa shape index (κ2) is 4.60. The van der Waals surface area contributed by atoms with Crippen LogP contribution in [0.5, 0.6) is 0 Å². The number of carbonyl (C=O) groups is 1. The Morgan fingerprint density at radius 3 is 2.70 bits per heavy atom. The number of amides is 1. The molecule has 1 aromatic rings. The summed E-state index contributed by atoms with van der Waals surface area (Å²) >= 11 is 0. The third-order valence-electron chi connectivity index (χ3n) is 4.62. The van der Waals surface area contributed by atoms with Crippen molar-refractivity contribution in [2.24, 2.45) is 17.6 Å². The number of nitrogens with zero attached hydrogens (tertiary/aromatic N) is 2. The van der Waals surface area contributed by atoms with E-state index in [9.17, 15) is 4.79 Å². The molecule has 1 aromatic carbocycles. The topological polar surface area (TPSA) is 70.1 Å². The number of fused-ring (bicyclic) bond motifs is 1. The Morgan fingerprint density at radius 1 is 1.45 bits per heavy atom. The van der Waals surface area contributed by atoms with Gasteiger partial charge in [0, 0.05) is 24.7 Å². The Balaban J connectivity index is 2.14. The van der Waals surface area contributed by atoms with Crippen molar-refractivity contribution in [2.75, 3.05) is 4.90 Å². The maximum atomic E-state index is 12.1. The van der Waals surface area contributed by atoms with E-state index in [0.717, 1.165) is 11.3 Å². The minimum atomic E-state index is -0.112. The molecule has 4 nitrogen and oxygen atoms in total. The van der Waals surface area contributed by atoms with Crippen molar-refractivity contribution in [2.45, 2.75) is 38.8 Å². The predicted molar refractivity (Wildman–Crippen MR) is 76.9 cm³/mol. The second-order valence-corrected chi connectivity index (χ2v) is 5.99. The lowest BCUT2D eigenvalue weighted by Crippen LogP contribution is -2.51. The second-order valence-electron chi connectivity index (χ2n) is 5.99. The lowest BCUT2D eigenvalue weighted by molar-refractivity contribution is -0.117. The number of anilines is 1. The third-order valence-corrected chi connectivity index (χ3v) is 4.62. The molecule has 3 unspecified atom stereocenters. The average molecular weight is 269 g/mol. The van der Waals surface area contributed by atoms with Crippen molar-refractivity contribution >= 4 is 11.6 Å². The van der Waals surface area contributed by atoms with Gasteiger partial charge in [0.1, 0.15) is 0 Å². The van der Waals surface area contributed by atoms with Crippen molar-refractivity contribution in [1.82, 2.24) is 0 Å². The number of hydrogen-bond acceptors (Lipinski definition) is 3. The van der Waals surface area contributed by atoms with Crippen molar-refractivity contribution < 1.29 is 4.79 Å². The molecule has 2 N–H and O–H groups in total. The van der Waals surface area contributed by atoms with Gasteiger partial charge in [-0.1, -0.05) is 6.92 Å². The first-order valence-electron chi connectivity index (χ1n) is 7.14. The molecule has 3 atom stereocenters. The van der Waals surface area contributed by atoms with Crippen LogP contribution in [0.4, 0.5) is 5.69 Å². The maximum Gasteiger partial charge on any atom is 0.224 e. The van der Waals surface area contributed by atoms with Crippen molar-refractivity contribution in [3.8, 4) is 6.07 Å². The molecule has 4 heteroatoms. The van der Waals surface area contributed by atoms with Crippen LogP contribution in [0.1, 0.15) is 43.9 Å². The predicted octanol–water partition coefficient (Wildman–Crippen LogP) is 2.34. The number of nitriles is 1. The summed E-state index contributed by atoms with van der Waals surface area (Å²) in [6.07, 6.45) is 2.36. The fraction of sp³-hybridized carbons (Fsp3) is 0.500. The van der Waals surface area contributed by atoms with Gasteiger partial charge in [0.25, 0.3) is 0 Å². The van der Waals surface area contributed by atoms with Gasteiger partial charge in [0.15, 0.2) is 0 Å². The minimum absolute atomic E-state index is 0.0617. The van der Waals surface area contributed by atoms with Gasteiger partial charge < -0.3 is 10.6 Å². The van der Waals surface area contributed by atoms with Gasteiger partial charge in [0.05, 0.1) is 11.6 Å².